The number of hydrogen-bond donors (Lipinski definition) is 3. The number of amides is 3. The van der Waals surface area contributed by atoms with Crippen LogP contribution >= 0.6 is 11.3 Å². The number of nitrogens with one attached hydrogen (secondary N) is 3. The largest absolute Gasteiger partial charge is 0.326 e. The molecule has 0 bridgehead atoms. The summed E-state index contributed by atoms with van der Waals surface area (Å²) in [6.07, 6.45) is 0.144. The van der Waals surface area contributed by atoms with Crippen LogP contribution in [0, 0.1) is 13.8 Å². The third-order valence-corrected chi connectivity index (χ3v) is 4.46. The maximum absolute atomic E-state index is 12.2. The lowest BCUT2D eigenvalue weighted by Crippen LogP contribution is -2.19. The molecule has 1 heterocycles. The highest BCUT2D eigenvalue weighted by atomic mass is 32.1. The van der Waals surface area contributed by atoms with Gasteiger partial charge in [0.1, 0.15) is 0 Å². The molecular formula is C20H20N4O2S. The molecule has 6 nitrogen and oxygen atoms in total. The van der Waals surface area contributed by atoms with Crippen LogP contribution in [0.3, 0.4) is 0 Å². The molecule has 0 atom stereocenters. The van der Waals surface area contributed by atoms with Crippen molar-refractivity contribution in [3.8, 4) is 0 Å². The molecule has 0 fully saturated rings. The quantitative estimate of drug-likeness (QED) is 0.606. The summed E-state index contributed by atoms with van der Waals surface area (Å²) in [5.41, 5.74) is 4.26. The van der Waals surface area contributed by atoms with Gasteiger partial charge in [-0.2, -0.15) is 0 Å². The number of nitrogens with zero attached hydrogens (tertiary/aromatic N) is 1. The van der Waals surface area contributed by atoms with E-state index < -0.39 is 0 Å². The highest BCUT2D eigenvalue weighted by Gasteiger charge is 2.10. The van der Waals surface area contributed by atoms with Crippen molar-refractivity contribution < 1.29 is 9.59 Å². The third kappa shape index (κ3) is 5.65. The summed E-state index contributed by atoms with van der Waals surface area (Å²) in [4.78, 5) is 28.5. The van der Waals surface area contributed by atoms with Crippen molar-refractivity contribution in [2.24, 2.45) is 0 Å². The Hall–Kier alpha value is -3.19. The topological polar surface area (TPSA) is 83.1 Å². The lowest BCUT2D eigenvalue weighted by molar-refractivity contribution is -0.115. The Bertz CT molecular complexity index is 933. The first kappa shape index (κ1) is 18.6. The predicted octanol–water partition coefficient (Wildman–Crippen LogP) is 4.59. The van der Waals surface area contributed by atoms with E-state index in [1.54, 1.807) is 17.5 Å². The van der Waals surface area contributed by atoms with Gasteiger partial charge in [0.15, 0.2) is 5.13 Å². The first-order valence-corrected chi connectivity index (χ1v) is 9.31. The van der Waals surface area contributed by atoms with Crippen molar-refractivity contribution in [3.05, 3.63) is 70.7 Å². The number of anilines is 3. The minimum Gasteiger partial charge on any atom is -0.326 e. The molecule has 0 spiro atoms. The van der Waals surface area contributed by atoms with Gasteiger partial charge >= 0.3 is 6.03 Å². The van der Waals surface area contributed by atoms with Gasteiger partial charge in [-0.1, -0.05) is 24.3 Å². The van der Waals surface area contributed by atoms with Crippen LogP contribution in [0.4, 0.5) is 21.3 Å². The van der Waals surface area contributed by atoms with Crippen LogP contribution in [0.25, 0.3) is 0 Å². The van der Waals surface area contributed by atoms with Gasteiger partial charge in [0, 0.05) is 16.8 Å². The summed E-state index contributed by atoms with van der Waals surface area (Å²) in [6, 6.07) is 14.7. The summed E-state index contributed by atoms with van der Waals surface area (Å²) >= 11 is 1.28. The molecule has 0 radical (unpaired) electrons. The zero-order valence-corrected chi connectivity index (χ0v) is 15.9. The minimum absolute atomic E-state index is 0.144. The Kier molecular flexibility index (Phi) is 5.83. The SMILES string of the molecule is Cc1cc(C)cc(NC(=O)Cc2csc(NC(=O)Nc3ccccc3)n2)c1. The molecular weight excluding hydrogens is 360 g/mol. The lowest BCUT2D eigenvalue weighted by Gasteiger charge is -2.07. The van der Waals surface area contributed by atoms with Gasteiger partial charge in [-0.3, -0.25) is 10.1 Å². The maximum Gasteiger partial charge on any atom is 0.325 e. The molecule has 0 saturated carbocycles. The van der Waals surface area contributed by atoms with E-state index in [9.17, 15) is 9.59 Å². The molecule has 1 aromatic heterocycles. The molecule has 0 aliphatic carbocycles. The Labute approximate surface area is 161 Å². The van der Waals surface area contributed by atoms with E-state index >= 15 is 0 Å². The number of hydrogen-bond acceptors (Lipinski definition) is 4. The smallest absolute Gasteiger partial charge is 0.325 e. The van der Waals surface area contributed by atoms with Crippen LogP contribution in [-0.2, 0) is 11.2 Å². The Morgan fingerprint density at radius 2 is 1.63 bits per heavy atom. The van der Waals surface area contributed by atoms with E-state index in [0.717, 1.165) is 16.8 Å². The van der Waals surface area contributed by atoms with Crippen molar-refractivity contribution in [1.82, 2.24) is 4.98 Å². The number of urea groups is 1. The van der Waals surface area contributed by atoms with Crippen LogP contribution < -0.4 is 16.0 Å². The van der Waals surface area contributed by atoms with Gasteiger partial charge in [0.25, 0.3) is 0 Å². The maximum atomic E-state index is 12.2. The van der Waals surface area contributed by atoms with Crippen molar-refractivity contribution in [1.29, 1.82) is 0 Å². The van der Waals surface area contributed by atoms with Gasteiger partial charge in [0.05, 0.1) is 12.1 Å². The fraction of sp³-hybridized carbons (Fsp3) is 0.150. The fourth-order valence-electron chi connectivity index (χ4n) is 2.64. The molecule has 3 rings (SSSR count). The van der Waals surface area contributed by atoms with Gasteiger partial charge in [-0.25, -0.2) is 9.78 Å². The number of carbonyl (C=O) groups is 2. The van der Waals surface area contributed by atoms with E-state index in [-0.39, 0.29) is 18.4 Å². The zero-order valence-electron chi connectivity index (χ0n) is 15.1. The average molecular weight is 380 g/mol. The zero-order chi connectivity index (χ0) is 19.2. The summed E-state index contributed by atoms with van der Waals surface area (Å²) < 4.78 is 0. The molecule has 138 valence electrons. The molecule has 7 heteroatoms. The number of carbonyl (C=O) groups excluding carboxylic acids is 2. The molecule has 2 aromatic carbocycles. The molecule has 3 N–H and O–H groups in total. The highest BCUT2D eigenvalue weighted by molar-refractivity contribution is 7.14. The van der Waals surface area contributed by atoms with Crippen molar-refractivity contribution >= 4 is 39.8 Å². The van der Waals surface area contributed by atoms with Crippen LogP contribution in [0.2, 0.25) is 0 Å². The monoisotopic (exact) mass is 380 g/mol. The molecule has 3 amide bonds. The van der Waals surface area contributed by atoms with Crippen LogP contribution in [0.5, 0.6) is 0 Å². The Balaban J connectivity index is 1.54. The van der Waals surface area contributed by atoms with Crippen molar-refractivity contribution in [2.45, 2.75) is 20.3 Å². The summed E-state index contributed by atoms with van der Waals surface area (Å²) in [7, 11) is 0. The summed E-state index contributed by atoms with van der Waals surface area (Å²) in [6.45, 7) is 3.98. The van der Waals surface area contributed by atoms with E-state index in [1.165, 1.54) is 11.3 Å². The number of thiazole rings is 1. The van der Waals surface area contributed by atoms with Crippen LogP contribution in [0.15, 0.2) is 53.9 Å². The number of aryl methyl sites for hydroxylation is 2. The highest BCUT2D eigenvalue weighted by Crippen LogP contribution is 2.18. The molecule has 0 unspecified atom stereocenters. The molecule has 27 heavy (non-hydrogen) atoms. The number of rotatable bonds is 5. The van der Waals surface area contributed by atoms with E-state index in [2.05, 4.69) is 27.0 Å². The van der Waals surface area contributed by atoms with Gasteiger partial charge < -0.3 is 10.6 Å². The molecule has 0 aliphatic rings. The van der Waals surface area contributed by atoms with Gasteiger partial charge in [-0.05, 0) is 49.2 Å². The fourth-order valence-corrected chi connectivity index (χ4v) is 3.35. The minimum atomic E-state index is -0.373. The lowest BCUT2D eigenvalue weighted by atomic mass is 10.1. The second-order valence-corrected chi connectivity index (χ2v) is 7.05. The van der Waals surface area contributed by atoms with Crippen molar-refractivity contribution in [2.75, 3.05) is 16.0 Å². The van der Waals surface area contributed by atoms with E-state index in [1.807, 2.05) is 44.2 Å². The molecule has 0 aliphatic heterocycles. The second-order valence-electron chi connectivity index (χ2n) is 6.19. The van der Waals surface area contributed by atoms with Crippen LogP contribution in [0.1, 0.15) is 16.8 Å². The van der Waals surface area contributed by atoms with E-state index in [0.29, 0.717) is 16.5 Å². The number of para-hydroxylation sites is 1. The second kappa shape index (κ2) is 8.46. The van der Waals surface area contributed by atoms with E-state index in [4.69, 9.17) is 0 Å². The molecule has 0 saturated heterocycles. The normalized spacial score (nSPS) is 10.3. The number of benzene rings is 2. The van der Waals surface area contributed by atoms with Crippen LogP contribution in [-0.4, -0.2) is 16.9 Å². The van der Waals surface area contributed by atoms with Gasteiger partial charge in [-0.15, -0.1) is 11.3 Å². The third-order valence-electron chi connectivity index (χ3n) is 3.65. The Morgan fingerprint density at radius 1 is 0.926 bits per heavy atom. The standard InChI is InChI=1S/C20H20N4O2S/c1-13-8-14(2)10-16(9-13)21-18(25)11-17-12-27-20(23-17)24-19(26)22-15-6-4-3-5-7-15/h3-10,12H,11H2,1-2H3,(H,21,25)(H2,22,23,24,26). The summed E-state index contributed by atoms with van der Waals surface area (Å²) in [5, 5.41) is 10.5. The Morgan fingerprint density at radius 3 is 2.33 bits per heavy atom. The molecule has 3 aromatic rings. The average Bonchev–Trinajstić information content (AvgIpc) is 3.01. The summed E-state index contributed by atoms with van der Waals surface area (Å²) in [5.74, 6) is -0.148. The van der Waals surface area contributed by atoms with Crippen molar-refractivity contribution in [3.63, 3.8) is 0 Å². The first-order chi connectivity index (χ1) is 13.0. The first-order valence-electron chi connectivity index (χ1n) is 8.43. The predicted molar refractivity (Wildman–Crippen MR) is 109 cm³/mol. The number of aromatic nitrogens is 1. The van der Waals surface area contributed by atoms with Gasteiger partial charge in [0.2, 0.25) is 5.91 Å².